The monoisotopic (exact) mass is 450 g/mol. The van der Waals surface area contributed by atoms with Gasteiger partial charge in [-0.05, 0) is 47.5 Å². The van der Waals surface area contributed by atoms with Gasteiger partial charge in [-0.3, -0.25) is 4.79 Å². The smallest absolute Gasteiger partial charge is 0.343 e. The molecule has 154 valence electrons. The van der Waals surface area contributed by atoms with Crippen molar-refractivity contribution in [2.75, 3.05) is 0 Å². The molecule has 0 unspecified atom stereocenters. The number of nitrogens with zero attached hydrogens (tertiary/aromatic N) is 1. The molecule has 1 N–H and O–H groups in total. The predicted octanol–water partition coefficient (Wildman–Crippen LogP) is 5.44. The molecule has 0 aliphatic carbocycles. The molecule has 0 fully saturated rings. The van der Waals surface area contributed by atoms with Gasteiger partial charge in [-0.2, -0.15) is 5.26 Å². The maximum absolute atomic E-state index is 12.3. The van der Waals surface area contributed by atoms with Gasteiger partial charge in [0, 0.05) is 6.54 Å². The molecule has 0 aliphatic heterocycles. The van der Waals surface area contributed by atoms with Gasteiger partial charge in [0.05, 0.1) is 15.6 Å². The SMILES string of the molecule is N#C/C(=C\c1ccc(OC(=O)c2ccc(Cl)c(Cl)c2)cc1)C(=O)NCc1ccccc1. The second-order valence-corrected chi connectivity index (χ2v) is 7.24. The van der Waals surface area contributed by atoms with Crippen LogP contribution in [0.3, 0.4) is 0 Å². The van der Waals surface area contributed by atoms with Crippen LogP contribution in [0.4, 0.5) is 0 Å². The highest BCUT2D eigenvalue weighted by atomic mass is 35.5. The highest BCUT2D eigenvalue weighted by molar-refractivity contribution is 6.42. The molecule has 3 aromatic carbocycles. The summed E-state index contributed by atoms with van der Waals surface area (Å²) in [4.78, 5) is 24.5. The fraction of sp³-hybridized carbons (Fsp3) is 0.0417. The maximum atomic E-state index is 12.3. The molecule has 3 rings (SSSR count). The molecule has 0 saturated heterocycles. The lowest BCUT2D eigenvalue weighted by Gasteiger charge is -2.06. The number of carbonyl (C=O) groups is 2. The second kappa shape index (κ2) is 10.4. The zero-order chi connectivity index (χ0) is 22.2. The second-order valence-electron chi connectivity index (χ2n) is 6.43. The van der Waals surface area contributed by atoms with Crippen LogP contribution in [0.5, 0.6) is 5.75 Å². The van der Waals surface area contributed by atoms with Gasteiger partial charge in [0.1, 0.15) is 17.4 Å². The molecule has 0 bridgehead atoms. The average molecular weight is 451 g/mol. The molecule has 7 heteroatoms. The van der Waals surface area contributed by atoms with E-state index in [-0.39, 0.29) is 16.2 Å². The first kappa shape index (κ1) is 22.1. The van der Waals surface area contributed by atoms with E-state index in [0.29, 0.717) is 22.9 Å². The van der Waals surface area contributed by atoms with E-state index in [2.05, 4.69) is 5.32 Å². The summed E-state index contributed by atoms with van der Waals surface area (Å²) < 4.78 is 5.31. The summed E-state index contributed by atoms with van der Waals surface area (Å²) in [6, 6.07) is 22.2. The summed E-state index contributed by atoms with van der Waals surface area (Å²) in [7, 11) is 0. The van der Waals surface area contributed by atoms with E-state index in [4.69, 9.17) is 27.9 Å². The van der Waals surface area contributed by atoms with Crippen molar-refractivity contribution in [3.63, 3.8) is 0 Å². The van der Waals surface area contributed by atoms with Crippen molar-refractivity contribution in [2.45, 2.75) is 6.54 Å². The molecule has 31 heavy (non-hydrogen) atoms. The van der Waals surface area contributed by atoms with Crippen molar-refractivity contribution in [2.24, 2.45) is 0 Å². The number of nitrogens with one attached hydrogen (secondary N) is 1. The minimum Gasteiger partial charge on any atom is -0.423 e. The van der Waals surface area contributed by atoms with Gasteiger partial charge >= 0.3 is 5.97 Å². The summed E-state index contributed by atoms with van der Waals surface area (Å²) >= 11 is 11.8. The molecule has 0 aromatic heterocycles. The fourth-order valence-corrected chi connectivity index (χ4v) is 2.91. The third-order valence-corrected chi connectivity index (χ3v) is 4.96. The van der Waals surface area contributed by atoms with Gasteiger partial charge in [0.25, 0.3) is 5.91 Å². The van der Waals surface area contributed by atoms with Crippen LogP contribution in [0, 0.1) is 11.3 Å². The van der Waals surface area contributed by atoms with E-state index in [1.54, 1.807) is 24.3 Å². The third kappa shape index (κ3) is 6.19. The summed E-state index contributed by atoms with van der Waals surface area (Å²) in [6.07, 6.45) is 1.46. The van der Waals surface area contributed by atoms with Crippen LogP contribution in [0.25, 0.3) is 6.08 Å². The van der Waals surface area contributed by atoms with Crippen LogP contribution in [0.15, 0.2) is 78.4 Å². The first-order valence-electron chi connectivity index (χ1n) is 9.17. The Balaban J connectivity index is 1.64. The summed E-state index contributed by atoms with van der Waals surface area (Å²) in [5.74, 6) is -0.749. The Morgan fingerprint density at radius 1 is 0.968 bits per heavy atom. The molecule has 1 amide bonds. The largest absolute Gasteiger partial charge is 0.423 e. The Morgan fingerprint density at radius 2 is 1.68 bits per heavy atom. The van der Waals surface area contributed by atoms with Crippen LogP contribution in [0.2, 0.25) is 10.0 Å². The van der Waals surface area contributed by atoms with Gasteiger partial charge in [0.2, 0.25) is 0 Å². The molecule has 0 atom stereocenters. The molecule has 0 aliphatic rings. The van der Waals surface area contributed by atoms with E-state index < -0.39 is 11.9 Å². The number of rotatable bonds is 6. The number of carbonyl (C=O) groups excluding carboxylic acids is 2. The number of hydrogen-bond acceptors (Lipinski definition) is 4. The highest BCUT2D eigenvalue weighted by Gasteiger charge is 2.12. The van der Waals surface area contributed by atoms with E-state index in [9.17, 15) is 14.9 Å². The fourth-order valence-electron chi connectivity index (χ4n) is 2.61. The quantitative estimate of drug-likeness (QED) is 0.234. The average Bonchev–Trinajstić information content (AvgIpc) is 2.79. The first-order valence-corrected chi connectivity index (χ1v) is 9.93. The molecule has 0 spiro atoms. The van der Waals surface area contributed by atoms with Crippen LogP contribution in [0.1, 0.15) is 21.5 Å². The van der Waals surface area contributed by atoms with Crippen molar-refractivity contribution < 1.29 is 14.3 Å². The maximum Gasteiger partial charge on any atom is 0.343 e. The molecule has 0 radical (unpaired) electrons. The molecular weight excluding hydrogens is 435 g/mol. The normalized spacial score (nSPS) is 10.8. The van der Waals surface area contributed by atoms with Gasteiger partial charge in [-0.25, -0.2) is 4.79 Å². The lowest BCUT2D eigenvalue weighted by atomic mass is 10.1. The Bertz CT molecular complexity index is 1170. The number of amides is 1. The molecule has 0 heterocycles. The minimum absolute atomic E-state index is 0.0310. The van der Waals surface area contributed by atoms with E-state index >= 15 is 0 Å². The van der Waals surface area contributed by atoms with Crippen LogP contribution in [-0.2, 0) is 11.3 Å². The number of esters is 1. The van der Waals surface area contributed by atoms with Crippen LogP contribution >= 0.6 is 23.2 Å². The lowest BCUT2D eigenvalue weighted by molar-refractivity contribution is -0.117. The standard InChI is InChI=1S/C24H16Cl2N2O3/c25-21-11-8-18(13-22(21)26)24(30)31-20-9-6-16(7-10-20)12-19(14-27)23(29)28-15-17-4-2-1-3-5-17/h1-13H,15H2,(H,28,29)/b19-12+. The molecular formula is C24H16Cl2N2O3. The Hall–Kier alpha value is -3.59. The van der Waals surface area contributed by atoms with Gasteiger partial charge < -0.3 is 10.1 Å². The summed E-state index contributed by atoms with van der Waals surface area (Å²) in [5, 5.41) is 12.6. The predicted molar refractivity (Wildman–Crippen MR) is 120 cm³/mol. The van der Waals surface area contributed by atoms with Crippen molar-refractivity contribution in [1.82, 2.24) is 5.32 Å². The van der Waals surface area contributed by atoms with Crippen molar-refractivity contribution >= 4 is 41.2 Å². The Kier molecular flexibility index (Phi) is 7.45. The van der Waals surface area contributed by atoms with Crippen LogP contribution < -0.4 is 10.1 Å². The highest BCUT2D eigenvalue weighted by Crippen LogP contribution is 2.23. The zero-order valence-corrected chi connectivity index (χ0v) is 17.7. The summed E-state index contributed by atoms with van der Waals surface area (Å²) in [6.45, 7) is 0.322. The molecule has 0 saturated carbocycles. The Morgan fingerprint density at radius 3 is 2.32 bits per heavy atom. The third-order valence-electron chi connectivity index (χ3n) is 4.22. The van der Waals surface area contributed by atoms with Crippen molar-refractivity contribution in [1.29, 1.82) is 5.26 Å². The Labute approximate surface area is 189 Å². The van der Waals surface area contributed by atoms with Crippen LogP contribution in [-0.4, -0.2) is 11.9 Å². The first-order chi connectivity index (χ1) is 15.0. The topological polar surface area (TPSA) is 79.2 Å². The van der Waals surface area contributed by atoms with Crippen molar-refractivity contribution in [3.05, 3.63) is 105 Å². The minimum atomic E-state index is -0.583. The number of hydrogen-bond donors (Lipinski definition) is 1. The zero-order valence-electron chi connectivity index (χ0n) is 16.1. The van der Waals surface area contributed by atoms with E-state index in [1.165, 1.54) is 24.3 Å². The number of halogens is 2. The lowest BCUT2D eigenvalue weighted by Crippen LogP contribution is -2.23. The van der Waals surface area contributed by atoms with Crippen molar-refractivity contribution in [3.8, 4) is 11.8 Å². The number of ether oxygens (including phenoxy) is 1. The van der Waals surface area contributed by atoms with Gasteiger partial charge in [0.15, 0.2) is 0 Å². The number of benzene rings is 3. The van der Waals surface area contributed by atoms with E-state index in [1.807, 2.05) is 36.4 Å². The number of nitriles is 1. The molecule has 3 aromatic rings. The van der Waals surface area contributed by atoms with Gasteiger partial charge in [-0.1, -0.05) is 65.7 Å². The van der Waals surface area contributed by atoms with E-state index in [0.717, 1.165) is 5.56 Å². The molecule has 5 nitrogen and oxygen atoms in total. The van der Waals surface area contributed by atoms with Gasteiger partial charge in [-0.15, -0.1) is 0 Å². The summed E-state index contributed by atoms with van der Waals surface area (Å²) in [5.41, 5.74) is 1.78.